The number of amides is 1. The zero-order chi connectivity index (χ0) is 76.3. The van der Waals surface area contributed by atoms with Gasteiger partial charge in [-0.25, -0.2) is 19.2 Å². The third-order valence-electron chi connectivity index (χ3n) is 20.8. The van der Waals surface area contributed by atoms with Crippen LogP contribution >= 0.6 is 0 Å². The Bertz CT molecular complexity index is 3790. The SMILES string of the molecule is CC(=O)OC1C(OC(C)=O)[C@H](OC(C)=O)C(COC(=O)COCC(=O)O[C@@H](C(=O)OC2C(C)C3[C@@H](OC(C)=O)C(=O)[C@]4(C)C(O)C[C@H]5OC[C@@]5(OC(C)=O)[C@H]4C[C@](O)(C2c2ccccc2C(=O)O)C3(C)C)C(NC(=O)c2ccccc2)c2ccccc2)O[C@H]1OCCCc1cn(CCCCCCO)nn1. The Kier molecular flexibility index (Phi) is 26.2. The summed E-state index contributed by atoms with van der Waals surface area (Å²) in [5.74, 6) is -17.2. The molecule has 3 aliphatic carbocycles. The Labute approximate surface area is 605 Å². The number of ketones is 1. The Morgan fingerprint density at radius 1 is 0.733 bits per heavy atom. The van der Waals surface area contributed by atoms with Gasteiger partial charge in [-0.3, -0.25) is 38.2 Å². The number of hydrogen-bond acceptors (Lipinski definition) is 28. The molecular formula is C74H92N4O27. The Morgan fingerprint density at radius 3 is 2.00 bits per heavy atom. The molecule has 9 unspecified atom stereocenters. The van der Waals surface area contributed by atoms with Crippen LogP contribution in [0.15, 0.2) is 91.1 Å². The fourth-order valence-electron chi connectivity index (χ4n) is 15.9. The van der Waals surface area contributed by atoms with Gasteiger partial charge in [-0.05, 0) is 68.4 Å². The lowest BCUT2D eigenvalue weighted by molar-refractivity contribution is -0.336. The lowest BCUT2D eigenvalue weighted by atomic mass is 9.41. The summed E-state index contributed by atoms with van der Waals surface area (Å²) in [6.45, 7) is 8.92. The van der Waals surface area contributed by atoms with E-state index in [-0.39, 0.29) is 48.5 Å². The quantitative estimate of drug-likeness (QED) is 0.0265. The summed E-state index contributed by atoms with van der Waals surface area (Å²) in [5.41, 5.74) is -7.47. The van der Waals surface area contributed by atoms with E-state index in [1.807, 2.05) is 0 Å². The molecule has 2 bridgehead atoms. The predicted octanol–water partition coefficient (Wildman–Crippen LogP) is 4.35. The average molecular weight is 1470 g/mol. The van der Waals surface area contributed by atoms with Crippen molar-refractivity contribution in [2.45, 2.75) is 205 Å². The maximum absolute atomic E-state index is 16.0. The van der Waals surface area contributed by atoms with Gasteiger partial charge in [0.15, 0.2) is 42.1 Å². The highest BCUT2D eigenvalue weighted by Crippen LogP contribution is 2.68. The van der Waals surface area contributed by atoms with Gasteiger partial charge in [0.2, 0.25) is 6.10 Å². The molecule has 5 N–H and O–H groups in total. The number of benzene rings is 3. The van der Waals surface area contributed by atoms with E-state index in [2.05, 4.69) is 15.6 Å². The summed E-state index contributed by atoms with van der Waals surface area (Å²) in [7, 11) is 0. The van der Waals surface area contributed by atoms with Gasteiger partial charge in [-0.2, -0.15) is 0 Å². The van der Waals surface area contributed by atoms with E-state index in [1.165, 1.54) is 62.4 Å². The second kappa shape index (κ2) is 34.4. The monoisotopic (exact) mass is 1470 g/mol. The normalized spacial score (nSPS) is 29.2. The van der Waals surface area contributed by atoms with Gasteiger partial charge in [-0.15, -0.1) is 5.10 Å². The lowest BCUT2D eigenvalue weighted by Crippen LogP contribution is -2.79. The Hall–Kier alpha value is -9.11. The van der Waals surface area contributed by atoms with Crippen molar-refractivity contribution in [1.29, 1.82) is 0 Å². The maximum Gasteiger partial charge on any atom is 0.350 e. The first-order valence-electron chi connectivity index (χ1n) is 34.9. The highest BCUT2D eigenvalue weighted by molar-refractivity contribution is 5.95. The first-order valence-corrected chi connectivity index (χ1v) is 34.9. The number of carbonyl (C=O) groups is 11. The van der Waals surface area contributed by atoms with Gasteiger partial charge in [0.25, 0.3) is 5.91 Å². The van der Waals surface area contributed by atoms with Crippen molar-refractivity contribution < 1.29 is 130 Å². The topological polar surface area (TPSA) is 422 Å². The van der Waals surface area contributed by atoms with Crippen LogP contribution in [0.4, 0.5) is 0 Å². The molecule has 105 heavy (non-hydrogen) atoms. The van der Waals surface area contributed by atoms with Gasteiger partial charge in [0.1, 0.15) is 44.2 Å². The number of hydrogen-bond donors (Lipinski definition) is 5. The molecule has 5 aliphatic rings. The number of nitrogens with zero attached hydrogens (tertiary/aromatic N) is 3. The van der Waals surface area contributed by atoms with Gasteiger partial charge in [0, 0.05) is 89.1 Å². The standard InChI is InChI=1S/C74H92N4O27/c1-40-57-62(99-42(3)81)66(88)72(9)52(73(105-45(6)84)39-97-54(73)33-53(72)85)34-74(93,71(57,7)8)58(49-28-18-19-29-50(49)68(90)91)60(40)104-69(92)63(59(46-23-14-12-15-24-46)75-67(89)47-25-16-13-17-26-47)103-56(87)38-94-37-55(86)96-36-51-61(98-41(2)80)64(100-43(4)82)65(101-44(5)83)70(102-51)95-32-22-27-48-35-78(77-76-48)30-20-10-11-21-31-79/h12-19,23-26,28-29,35,40,51-54,57-65,70,79,85,93H,10-11,20-22,27,30-34,36-39H2,1-9H3,(H,75,89)(H,90,91)/t40?,51?,52-,53?,54+,57?,58?,59?,60?,61+,62+,63+,64?,65?,70+,72-,73+,74-/m0/s1. The summed E-state index contributed by atoms with van der Waals surface area (Å²) in [4.78, 5) is 153. The van der Waals surface area contributed by atoms with Gasteiger partial charge < -0.3 is 82.6 Å². The number of carboxylic acid groups (broad SMARTS) is 1. The van der Waals surface area contributed by atoms with Gasteiger partial charge in [-0.1, -0.05) is 106 Å². The highest BCUT2D eigenvalue weighted by Gasteiger charge is 2.77. The second-order valence-electron chi connectivity index (χ2n) is 28.0. The molecule has 31 heteroatoms. The van der Waals surface area contributed by atoms with E-state index in [1.54, 1.807) is 61.1 Å². The van der Waals surface area contributed by atoms with Crippen molar-refractivity contribution in [3.8, 4) is 0 Å². The Balaban J connectivity index is 1.01. The largest absolute Gasteiger partial charge is 0.478 e. The summed E-state index contributed by atoms with van der Waals surface area (Å²) >= 11 is 0. The van der Waals surface area contributed by atoms with E-state index in [4.69, 9.17) is 61.9 Å². The lowest BCUT2D eigenvalue weighted by Gasteiger charge is -2.68. The number of fused-ring (bicyclic) bond motifs is 5. The number of nitrogens with one attached hydrogen (secondary N) is 1. The summed E-state index contributed by atoms with van der Waals surface area (Å²) in [5, 5.41) is 58.0. The van der Waals surface area contributed by atoms with Crippen LogP contribution in [0.1, 0.15) is 157 Å². The number of unbranched alkanes of at least 4 members (excludes halogenated alkanes) is 3. The molecule has 31 nitrogen and oxygen atoms in total. The van der Waals surface area contributed by atoms with Crippen molar-refractivity contribution >= 4 is 65.4 Å². The van der Waals surface area contributed by atoms with Crippen molar-refractivity contribution in [3.63, 3.8) is 0 Å². The smallest absolute Gasteiger partial charge is 0.350 e. The Morgan fingerprint density at radius 2 is 1.36 bits per heavy atom. The fraction of sp³-hybridized carbons (Fsp3) is 0.581. The minimum Gasteiger partial charge on any atom is -0.478 e. The first-order chi connectivity index (χ1) is 49.9. The van der Waals surface area contributed by atoms with Gasteiger partial charge in [0.05, 0.1) is 47.5 Å². The van der Waals surface area contributed by atoms with E-state index in [0.717, 1.165) is 53.9 Å². The molecule has 0 radical (unpaired) electrons. The third kappa shape index (κ3) is 17.7. The molecule has 4 aromatic rings. The minimum absolute atomic E-state index is 0.0596. The van der Waals surface area contributed by atoms with Gasteiger partial charge >= 0.3 is 53.7 Å². The number of rotatable bonds is 31. The second-order valence-corrected chi connectivity index (χ2v) is 28.0. The van der Waals surface area contributed by atoms with Crippen LogP contribution in [0.5, 0.6) is 0 Å². The number of Topliss-reactive ketones (excluding diaryl/α,β-unsaturated/α-hetero) is 1. The van der Waals surface area contributed by atoms with Crippen LogP contribution < -0.4 is 5.32 Å². The van der Waals surface area contributed by atoms with Crippen LogP contribution in [0.25, 0.3) is 0 Å². The molecule has 570 valence electrons. The molecule has 3 aromatic carbocycles. The molecule has 18 atom stereocenters. The molecule has 1 aromatic heterocycles. The average Bonchev–Trinajstić information content (AvgIpc) is 0.784. The number of aryl methyl sites for hydroxylation is 2. The summed E-state index contributed by atoms with van der Waals surface area (Å²) < 4.78 is 72.7. The van der Waals surface area contributed by atoms with Crippen LogP contribution in [-0.4, -0.2) is 213 Å². The molecule has 5 fully saturated rings. The van der Waals surface area contributed by atoms with Crippen LogP contribution in [0.3, 0.4) is 0 Å². The van der Waals surface area contributed by atoms with Crippen LogP contribution in [-0.2, 0) is 113 Å². The van der Waals surface area contributed by atoms with Crippen molar-refractivity contribution in [2.75, 3.05) is 39.6 Å². The van der Waals surface area contributed by atoms with E-state index < -0.39 is 205 Å². The summed E-state index contributed by atoms with van der Waals surface area (Å²) in [6, 6.07) is 19.4. The number of carbonyl (C=O) groups excluding carboxylic acids is 10. The molecule has 9 rings (SSSR count). The van der Waals surface area contributed by atoms with E-state index >= 15 is 9.59 Å². The molecule has 0 spiro atoms. The zero-order valence-electron chi connectivity index (χ0n) is 59.9. The van der Waals surface area contributed by atoms with E-state index in [0.29, 0.717) is 31.5 Å². The van der Waals surface area contributed by atoms with Crippen molar-refractivity contribution in [3.05, 3.63) is 119 Å². The van der Waals surface area contributed by atoms with E-state index in [9.17, 15) is 58.5 Å². The van der Waals surface area contributed by atoms with Crippen molar-refractivity contribution in [1.82, 2.24) is 20.3 Å². The number of ether oxygens (including phenoxy) is 12. The van der Waals surface area contributed by atoms with Crippen LogP contribution in [0, 0.1) is 28.6 Å². The van der Waals surface area contributed by atoms with Crippen molar-refractivity contribution in [2.24, 2.45) is 28.6 Å². The molecule has 3 heterocycles. The fourth-order valence-corrected chi connectivity index (χ4v) is 15.9. The third-order valence-corrected chi connectivity index (χ3v) is 20.8. The number of aliphatic hydroxyl groups is 3. The predicted molar refractivity (Wildman–Crippen MR) is 359 cm³/mol. The number of aliphatic hydroxyl groups excluding tert-OH is 2. The summed E-state index contributed by atoms with van der Waals surface area (Å²) in [6.07, 6.45) is -11.3. The molecule has 1 amide bonds. The minimum atomic E-state index is -2.45. The molecule has 3 saturated carbocycles. The molecule has 2 saturated heterocycles. The molecular weight excluding hydrogens is 1380 g/mol. The number of aromatic carboxylic acids is 1. The van der Waals surface area contributed by atoms with Crippen LogP contribution in [0.2, 0.25) is 0 Å². The highest BCUT2D eigenvalue weighted by atomic mass is 16.7. The molecule has 2 aliphatic heterocycles. The zero-order valence-corrected chi connectivity index (χ0v) is 59.9. The number of esters is 8. The number of carboxylic acids is 1. The first kappa shape index (κ1) is 80.0. The number of aromatic nitrogens is 3. The maximum atomic E-state index is 16.0.